The van der Waals surface area contributed by atoms with Crippen LogP contribution in [-0.4, -0.2) is 46.9 Å². The zero-order valence-electron chi connectivity index (χ0n) is 18.6. The van der Waals surface area contributed by atoms with Gasteiger partial charge in [-0.25, -0.2) is 8.42 Å². The Labute approximate surface area is 185 Å². The first-order chi connectivity index (χ1) is 14.8. The smallest absolute Gasteiger partial charge is 0.243 e. The normalized spacial score (nSPS) is 12.1. The summed E-state index contributed by atoms with van der Waals surface area (Å²) in [5, 5.41) is 2.89. The van der Waals surface area contributed by atoms with Crippen molar-refractivity contribution in [2.45, 2.75) is 39.2 Å². The summed E-state index contributed by atoms with van der Waals surface area (Å²) in [5.41, 5.74) is 1.55. The number of hydrogen-bond donors (Lipinski definition) is 1. The second kappa shape index (κ2) is 11.6. The molecule has 31 heavy (non-hydrogen) atoms. The lowest BCUT2D eigenvalue weighted by molar-refractivity contribution is -0.122. The highest BCUT2D eigenvalue weighted by atomic mass is 32.2. The molecule has 170 valence electrons. The second-order valence-corrected chi connectivity index (χ2v) is 9.02. The van der Waals surface area contributed by atoms with Gasteiger partial charge in [-0.05, 0) is 68.1 Å². The van der Waals surface area contributed by atoms with E-state index in [0.29, 0.717) is 31.0 Å². The summed E-state index contributed by atoms with van der Waals surface area (Å²) in [7, 11) is -2.04. The highest BCUT2D eigenvalue weighted by Crippen LogP contribution is 2.25. The average molecular weight is 449 g/mol. The number of aryl methyl sites for hydroxylation is 1. The second-order valence-electron chi connectivity index (χ2n) is 7.16. The molecule has 0 aliphatic rings. The molecule has 2 aromatic rings. The molecule has 0 aromatic heterocycles. The first-order valence-electron chi connectivity index (χ1n) is 10.4. The van der Waals surface area contributed by atoms with Gasteiger partial charge in [0.1, 0.15) is 17.5 Å². The van der Waals surface area contributed by atoms with Crippen LogP contribution in [0.4, 0.5) is 5.69 Å². The van der Waals surface area contributed by atoms with Crippen LogP contribution in [0, 0.1) is 0 Å². The van der Waals surface area contributed by atoms with Crippen LogP contribution in [0.3, 0.4) is 0 Å². The third-order valence-corrected chi connectivity index (χ3v) is 5.99. The monoisotopic (exact) mass is 448 g/mol. The lowest BCUT2D eigenvalue weighted by atomic mass is 10.1. The minimum atomic E-state index is -3.66. The van der Waals surface area contributed by atoms with Crippen LogP contribution < -0.4 is 19.1 Å². The summed E-state index contributed by atoms with van der Waals surface area (Å²) in [6.07, 6.45) is 2.98. The summed E-state index contributed by atoms with van der Waals surface area (Å²) >= 11 is 0. The molecular formula is C23H32N2O5S. The van der Waals surface area contributed by atoms with Crippen LogP contribution in [0.1, 0.15) is 32.3 Å². The van der Waals surface area contributed by atoms with Crippen molar-refractivity contribution in [2.24, 2.45) is 0 Å². The maximum atomic E-state index is 12.9. The predicted molar refractivity (Wildman–Crippen MR) is 123 cm³/mol. The Hall–Kier alpha value is -2.74. The number of benzene rings is 2. The number of carbonyl (C=O) groups is 1. The van der Waals surface area contributed by atoms with Crippen molar-refractivity contribution in [3.63, 3.8) is 0 Å². The minimum Gasteiger partial charge on any atom is -0.497 e. The van der Waals surface area contributed by atoms with Crippen molar-refractivity contribution >= 4 is 21.6 Å². The van der Waals surface area contributed by atoms with Gasteiger partial charge in [0, 0.05) is 6.54 Å². The molecule has 0 fully saturated rings. The van der Waals surface area contributed by atoms with Crippen LogP contribution in [0.5, 0.6) is 11.5 Å². The quantitative estimate of drug-likeness (QED) is 0.503. The van der Waals surface area contributed by atoms with Crippen molar-refractivity contribution in [3.05, 3.63) is 54.1 Å². The molecule has 0 heterocycles. The Morgan fingerprint density at radius 1 is 1.10 bits per heavy atom. The molecule has 0 unspecified atom stereocenters. The van der Waals surface area contributed by atoms with Crippen molar-refractivity contribution in [2.75, 3.05) is 30.8 Å². The predicted octanol–water partition coefficient (Wildman–Crippen LogP) is 3.39. The molecule has 1 atom stereocenters. The van der Waals surface area contributed by atoms with Crippen molar-refractivity contribution in [3.8, 4) is 11.5 Å². The molecule has 0 radical (unpaired) electrons. The average Bonchev–Trinajstić information content (AvgIpc) is 2.75. The van der Waals surface area contributed by atoms with Crippen LogP contribution >= 0.6 is 0 Å². The largest absolute Gasteiger partial charge is 0.497 e. The summed E-state index contributed by atoms with van der Waals surface area (Å²) in [6.45, 7) is 4.65. The van der Waals surface area contributed by atoms with Gasteiger partial charge in [-0.3, -0.25) is 9.10 Å². The Kier molecular flexibility index (Phi) is 9.18. The molecule has 0 aliphatic heterocycles. The Balaban J connectivity index is 2.04. The van der Waals surface area contributed by atoms with Crippen LogP contribution in [0.15, 0.2) is 48.5 Å². The zero-order valence-corrected chi connectivity index (χ0v) is 19.4. The van der Waals surface area contributed by atoms with Crippen molar-refractivity contribution < 1.29 is 22.7 Å². The van der Waals surface area contributed by atoms with E-state index in [4.69, 9.17) is 9.47 Å². The van der Waals surface area contributed by atoms with Gasteiger partial charge in [0.25, 0.3) is 0 Å². The number of sulfonamides is 1. The number of carbonyl (C=O) groups excluding carboxylic acids is 1. The van der Waals surface area contributed by atoms with Gasteiger partial charge in [0.05, 0.1) is 25.7 Å². The number of methoxy groups -OCH3 is 1. The first kappa shape index (κ1) is 24.5. The highest BCUT2D eigenvalue weighted by Gasteiger charge is 2.31. The number of anilines is 1. The Morgan fingerprint density at radius 2 is 1.81 bits per heavy atom. The lowest BCUT2D eigenvalue weighted by Gasteiger charge is -2.30. The van der Waals surface area contributed by atoms with Gasteiger partial charge in [0.2, 0.25) is 15.9 Å². The number of rotatable bonds is 12. The van der Waals surface area contributed by atoms with E-state index in [1.54, 1.807) is 38.3 Å². The van der Waals surface area contributed by atoms with Crippen LogP contribution in [-0.2, 0) is 21.2 Å². The first-order valence-corrected chi connectivity index (χ1v) is 12.3. The van der Waals surface area contributed by atoms with Gasteiger partial charge in [-0.15, -0.1) is 0 Å². The fraction of sp³-hybridized carbons (Fsp3) is 0.435. The molecule has 1 N–H and O–H groups in total. The Bertz CT molecular complexity index is 945. The lowest BCUT2D eigenvalue weighted by Crippen LogP contribution is -2.49. The molecule has 0 saturated carbocycles. The van der Waals surface area contributed by atoms with Crippen LogP contribution in [0.25, 0.3) is 0 Å². The molecule has 2 aromatic carbocycles. The summed E-state index contributed by atoms with van der Waals surface area (Å²) in [6, 6.07) is 13.7. The van der Waals surface area contributed by atoms with Gasteiger partial charge in [-0.1, -0.05) is 19.1 Å². The Morgan fingerprint density at radius 3 is 2.39 bits per heavy atom. The summed E-state index contributed by atoms with van der Waals surface area (Å²) in [4.78, 5) is 12.9. The minimum absolute atomic E-state index is 0.313. The number of nitrogens with one attached hydrogen (secondary N) is 1. The molecule has 7 nitrogen and oxygen atoms in total. The fourth-order valence-corrected chi connectivity index (χ4v) is 4.58. The van der Waals surface area contributed by atoms with E-state index in [-0.39, 0.29) is 5.91 Å². The third kappa shape index (κ3) is 7.17. The van der Waals surface area contributed by atoms with E-state index in [1.807, 2.05) is 31.2 Å². The van der Waals surface area contributed by atoms with Crippen molar-refractivity contribution in [1.82, 2.24) is 5.32 Å². The van der Waals surface area contributed by atoms with E-state index in [2.05, 4.69) is 5.32 Å². The van der Waals surface area contributed by atoms with E-state index < -0.39 is 16.1 Å². The maximum Gasteiger partial charge on any atom is 0.243 e. The molecule has 0 spiro atoms. The van der Waals surface area contributed by atoms with Crippen LogP contribution in [0.2, 0.25) is 0 Å². The van der Waals surface area contributed by atoms with E-state index in [1.165, 1.54) is 4.31 Å². The number of amides is 1. The summed E-state index contributed by atoms with van der Waals surface area (Å²) in [5.74, 6) is 1.13. The molecule has 0 bridgehead atoms. The highest BCUT2D eigenvalue weighted by molar-refractivity contribution is 7.92. The topological polar surface area (TPSA) is 84.9 Å². The van der Waals surface area contributed by atoms with Gasteiger partial charge in [0.15, 0.2) is 0 Å². The third-order valence-electron chi connectivity index (χ3n) is 4.81. The van der Waals surface area contributed by atoms with Gasteiger partial charge in [-0.2, -0.15) is 0 Å². The summed E-state index contributed by atoms with van der Waals surface area (Å²) < 4.78 is 36.9. The molecule has 2 rings (SSSR count). The number of hydrogen-bond acceptors (Lipinski definition) is 5. The van der Waals surface area contributed by atoms with Crippen molar-refractivity contribution in [1.29, 1.82) is 0 Å². The maximum absolute atomic E-state index is 12.9. The zero-order chi connectivity index (χ0) is 22.9. The molecule has 0 saturated heterocycles. The van der Waals surface area contributed by atoms with Gasteiger partial charge >= 0.3 is 0 Å². The van der Waals surface area contributed by atoms with E-state index in [0.717, 1.165) is 30.4 Å². The van der Waals surface area contributed by atoms with E-state index >= 15 is 0 Å². The number of nitrogens with zero attached hydrogens (tertiary/aromatic N) is 1. The molecule has 1 amide bonds. The SMILES string of the molecule is CCOc1ccc(N([C@H](CC)C(=O)NCCCc2cccc(OC)c2)S(C)(=O)=O)cc1. The number of ether oxygens (including phenoxy) is 2. The van der Waals surface area contributed by atoms with E-state index in [9.17, 15) is 13.2 Å². The molecule has 0 aliphatic carbocycles. The fourth-order valence-electron chi connectivity index (χ4n) is 3.37. The van der Waals surface area contributed by atoms with Gasteiger partial charge < -0.3 is 14.8 Å². The standard InChI is InChI=1S/C23H32N2O5S/c1-5-22(23(26)24-16-8-10-18-9-7-11-21(17-18)29-3)25(31(4,27)28)19-12-14-20(15-13-19)30-6-2/h7,9,11-15,17,22H,5-6,8,10,16H2,1-4H3,(H,24,26)/t22-/m1/s1. The molecule has 8 heteroatoms. The molecular weight excluding hydrogens is 416 g/mol.